The Balaban J connectivity index is 2.00. The number of nitrogens with zero attached hydrogens (tertiary/aromatic N) is 3. The minimum absolute atomic E-state index is 0.120. The Kier molecular flexibility index (Phi) is 5.98. The molecule has 0 saturated heterocycles. The second kappa shape index (κ2) is 7.83. The molecule has 0 aliphatic heterocycles. The maximum absolute atomic E-state index is 12.2. The summed E-state index contributed by atoms with van der Waals surface area (Å²) in [5, 5.41) is 17.9. The van der Waals surface area contributed by atoms with Crippen LogP contribution in [0.4, 0.5) is 5.69 Å². The van der Waals surface area contributed by atoms with Crippen LogP contribution in [0, 0.1) is 24.0 Å². The Morgan fingerprint density at radius 1 is 1.31 bits per heavy atom. The Morgan fingerprint density at radius 2 is 1.92 bits per heavy atom. The predicted octanol–water partition coefficient (Wildman–Crippen LogP) is 1.75. The summed E-state index contributed by atoms with van der Waals surface area (Å²) >= 11 is 5.77. The van der Waals surface area contributed by atoms with Gasteiger partial charge in [-0.05, 0) is 31.5 Å². The van der Waals surface area contributed by atoms with E-state index in [4.69, 9.17) is 11.6 Å². The van der Waals surface area contributed by atoms with Crippen LogP contribution in [0.3, 0.4) is 0 Å². The van der Waals surface area contributed by atoms with Crippen LogP contribution in [0.25, 0.3) is 0 Å². The van der Waals surface area contributed by atoms with Gasteiger partial charge in [0.1, 0.15) is 23.0 Å². The lowest BCUT2D eigenvalue weighted by molar-refractivity contribution is -0.386. The number of aryl methyl sites for hydroxylation is 1. The normalized spacial score (nSPS) is 11.3. The summed E-state index contributed by atoms with van der Waals surface area (Å²) in [5.74, 6) is -2.02. The molecule has 1 amide bonds. The minimum Gasteiger partial charge on any atom is -0.351 e. The number of aromatic nitrogens is 2. The molecular weight excluding hydrogens is 384 g/mol. The number of hydrogen-bond donors (Lipinski definition) is 1. The summed E-state index contributed by atoms with van der Waals surface area (Å²) < 4.78 is 25.4. The first-order valence-electron chi connectivity index (χ1n) is 7.49. The molecule has 0 saturated carbocycles. The number of nitro groups is 1. The Hall–Kier alpha value is -2.46. The van der Waals surface area contributed by atoms with Crippen LogP contribution in [0.2, 0.25) is 5.02 Å². The number of amides is 1. The van der Waals surface area contributed by atoms with Crippen LogP contribution in [0.15, 0.2) is 24.3 Å². The third kappa shape index (κ3) is 5.02. The van der Waals surface area contributed by atoms with Crippen LogP contribution in [0.5, 0.6) is 0 Å². The Morgan fingerprint density at radius 3 is 2.46 bits per heavy atom. The molecule has 140 valence electrons. The highest BCUT2D eigenvalue weighted by molar-refractivity contribution is 7.91. The van der Waals surface area contributed by atoms with Crippen molar-refractivity contribution in [2.75, 3.05) is 5.75 Å². The van der Waals surface area contributed by atoms with Crippen LogP contribution >= 0.6 is 11.6 Å². The van der Waals surface area contributed by atoms with Gasteiger partial charge in [-0.25, -0.2) is 13.1 Å². The molecular formula is C15H17ClN4O5S. The molecule has 1 heterocycles. The van der Waals surface area contributed by atoms with Crippen molar-refractivity contribution in [3.8, 4) is 0 Å². The van der Waals surface area contributed by atoms with Crippen molar-refractivity contribution in [3.05, 3.63) is 56.4 Å². The van der Waals surface area contributed by atoms with Gasteiger partial charge in [-0.2, -0.15) is 5.10 Å². The molecule has 0 atom stereocenters. The van der Waals surface area contributed by atoms with Gasteiger partial charge < -0.3 is 5.32 Å². The second-order valence-corrected chi connectivity index (χ2v) is 8.17. The van der Waals surface area contributed by atoms with Gasteiger partial charge in [-0.1, -0.05) is 23.7 Å². The van der Waals surface area contributed by atoms with Crippen molar-refractivity contribution in [2.24, 2.45) is 0 Å². The van der Waals surface area contributed by atoms with E-state index in [-0.39, 0.29) is 23.6 Å². The summed E-state index contributed by atoms with van der Waals surface area (Å²) in [7, 11) is -3.85. The van der Waals surface area contributed by atoms with Crippen molar-refractivity contribution in [2.45, 2.75) is 26.3 Å². The average molecular weight is 401 g/mol. The third-order valence-electron chi connectivity index (χ3n) is 3.60. The number of carbonyl (C=O) groups is 1. The number of hydrogen-bond acceptors (Lipinski definition) is 6. The lowest BCUT2D eigenvalue weighted by Gasteiger charge is -2.08. The number of benzene rings is 1. The van der Waals surface area contributed by atoms with E-state index in [2.05, 4.69) is 10.4 Å². The number of carbonyl (C=O) groups excluding carboxylic acids is 1. The number of halogens is 1. The van der Waals surface area contributed by atoms with Crippen molar-refractivity contribution in [1.29, 1.82) is 0 Å². The summed E-state index contributed by atoms with van der Waals surface area (Å²) in [6, 6.07) is 6.75. The van der Waals surface area contributed by atoms with Crippen molar-refractivity contribution in [1.82, 2.24) is 15.1 Å². The van der Waals surface area contributed by atoms with Gasteiger partial charge in [0.25, 0.3) is 0 Å². The van der Waals surface area contributed by atoms with E-state index in [1.807, 2.05) is 0 Å². The largest absolute Gasteiger partial charge is 0.351 e. The molecule has 2 aromatic rings. The van der Waals surface area contributed by atoms with Crippen molar-refractivity contribution < 1.29 is 18.1 Å². The first-order valence-corrected chi connectivity index (χ1v) is 9.69. The van der Waals surface area contributed by atoms with E-state index in [0.717, 1.165) is 10.2 Å². The molecule has 0 fully saturated rings. The molecule has 2 rings (SSSR count). The average Bonchev–Trinajstić information content (AvgIpc) is 2.79. The highest BCUT2D eigenvalue weighted by Crippen LogP contribution is 2.22. The lowest BCUT2D eigenvalue weighted by atomic mass is 10.2. The first kappa shape index (κ1) is 19.9. The fourth-order valence-electron chi connectivity index (χ4n) is 2.36. The van der Waals surface area contributed by atoms with Crippen molar-refractivity contribution >= 4 is 33.0 Å². The van der Waals surface area contributed by atoms with Gasteiger partial charge in [-0.15, -0.1) is 0 Å². The topological polar surface area (TPSA) is 124 Å². The van der Waals surface area contributed by atoms with Gasteiger partial charge in [0.2, 0.25) is 5.91 Å². The lowest BCUT2D eigenvalue weighted by Crippen LogP contribution is -2.31. The summed E-state index contributed by atoms with van der Waals surface area (Å²) in [4.78, 5) is 22.3. The molecule has 26 heavy (non-hydrogen) atoms. The van der Waals surface area contributed by atoms with Gasteiger partial charge >= 0.3 is 5.69 Å². The zero-order chi connectivity index (χ0) is 19.5. The first-order chi connectivity index (χ1) is 12.1. The number of rotatable bonds is 7. The molecule has 1 aromatic carbocycles. The van der Waals surface area contributed by atoms with Gasteiger partial charge in [0, 0.05) is 11.6 Å². The third-order valence-corrected chi connectivity index (χ3v) is 5.19. The number of nitrogens with one attached hydrogen (secondary N) is 1. The van der Waals surface area contributed by atoms with Crippen LogP contribution < -0.4 is 5.32 Å². The highest BCUT2D eigenvalue weighted by Gasteiger charge is 2.25. The van der Waals surface area contributed by atoms with Gasteiger partial charge in [-0.3, -0.25) is 14.9 Å². The highest BCUT2D eigenvalue weighted by atomic mass is 35.5. The molecule has 1 aromatic heterocycles. The minimum atomic E-state index is -3.85. The molecule has 0 unspecified atom stereocenters. The maximum atomic E-state index is 12.2. The zero-order valence-corrected chi connectivity index (χ0v) is 15.7. The standard InChI is InChI=1S/C15H17ClN4O5S/c1-10-15(20(22)23)11(2)19(18-10)9-26(24,25)8-14(21)17-7-12-3-5-13(16)6-4-12/h3-6H,7-9H2,1-2H3,(H,17,21). The van der Waals surface area contributed by atoms with Crippen LogP contribution in [-0.4, -0.2) is 34.8 Å². The molecule has 1 N–H and O–H groups in total. The van der Waals surface area contributed by atoms with E-state index in [9.17, 15) is 23.3 Å². The summed E-state index contributed by atoms with van der Waals surface area (Å²) in [6.45, 7) is 3.00. The predicted molar refractivity (Wildman–Crippen MR) is 95.4 cm³/mol. The van der Waals surface area contributed by atoms with E-state index >= 15 is 0 Å². The van der Waals surface area contributed by atoms with E-state index < -0.39 is 32.3 Å². The quantitative estimate of drug-likeness (QED) is 0.557. The van der Waals surface area contributed by atoms with Gasteiger partial charge in [0.05, 0.1) is 4.92 Å². The molecule has 0 aliphatic rings. The SMILES string of the molecule is Cc1nn(CS(=O)(=O)CC(=O)NCc2ccc(Cl)cc2)c(C)c1[N+](=O)[O-]. The van der Waals surface area contributed by atoms with Crippen LogP contribution in [-0.2, 0) is 27.1 Å². The smallest absolute Gasteiger partial charge is 0.312 e. The molecule has 0 radical (unpaired) electrons. The fraction of sp³-hybridized carbons (Fsp3) is 0.333. The van der Waals surface area contributed by atoms with E-state index in [1.165, 1.54) is 13.8 Å². The Labute approximate surface area is 155 Å². The van der Waals surface area contributed by atoms with Crippen LogP contribution in [0.1, 0.15) is 17.0 Å². The second-order valence-electron chi connectivity index (χ2n) is 5.70. The summed E-state index contributed by atoms with van der Waals surface area (Å²) in [5.41, 5.74) is 0.786. The monoisotopic (exact) mass is 400 g/mol. The van der Waals surface area contributed by atoms with Gasteiger partial charge in [0.15, 0.2) is 9.84 Å². The fourth-order valence-corrected chi connectivity index (χ4v) is 3.71. The molecule has 9 nitrogen and oxygen atoms in total. The summed E-state index contributed by atoms with van der Waals surface area (Å²) in [6.07, 6.45) is 0. The van der Waals surface area contributed by atoms with Crippen molar-refractivity contribution in [3.63, 3.8) is 0 Å². The van der Waals surface area contributed by atoms with E-state index in [0.29, 0.717) is 5.02 Å². The molecule has 11 heteroatoms. The molecule has 0 bridgehead atoms. The maximum Gasteiger partial charge on any atom is 0.312 e. The number of sulfone groups is 1. The van der Waals surface area contributed by atoms with E-state index in [1.54, 1.807) is 24.3 Å². The molecule has 0 aliphatic carbocycles. The Bertz CT molecular complexity index is 938. The molecule has 0 spiro atoms. The zero-order valence-electron chi connectivity index (χ0n) is 14.1.